The minimum atomic E-state index is -0.706. The number of hydrogen-bond donors (Lipinski definition) is 2. The number of anilines is 2. The first kappa shape index (κ1) is 23.6. The van der Waals surface area contributed by atoms with Crippen LogP contribution in [-0.4, -0.2) is 54.7 Å². The largest absolute Gasteiger partial charge is 0.506 e. The zero-order valence-corrected chi connectivity index (χ0v) is 19.4. The molecule has 178 valence electrons. The van der Waals surface area contributed by atoms with E-state index in [9.17, 15) is 19.2 Å². The minimum Gasteiger partial charge on any atom is -0.495 e. The number of carbonyl (C=O) groups excluding carboxylic acids is 4. The molecule has 0 fully saturated rings. The number of hydrogen-bond acceptors (Lipinski definition) is 5. The lowest BCUT2D eigenvalue weighted by Crippen LogP contribution is -2.56. The van der Waals surface area contributed by atoms with Crippen LogP contribution in [0.5, 0.6) is 5.75 Å². The molecular weight excluding hydrogens is 448 g/mol. The highest BCUT2D eigenvalue weighted by atomic mass is 16.5. The van der Waals surface area contributed by atoms with Gasteiger partial charge in [-0.1, -0.05) is 42.5 Å². The molecular formula is C26H25N4O5+. The predicted octanol–water partition coefficient (Wildman–Crippen LogP) is 2.28. The van der Waals surface area contributed by atoms with Gasteiger partial charge in [0.05, 0.1) is 19.2 Å². The molecule has 35 heavy (non-hydrogen) atoms. The monoisotopic (exact) mass is 473 g/mol. The van der Waals surface area contributed by atoms with Crippen molar-refractivity contribution in [2.24, 2.45) is 5.92 Å². The summed E-state index contributed by atoms with van der Waals surface area (Å²) >= 11 is 0. The van der Waals surface area contributed by atoms with Crippen molar-refractivity contribution in [1.29, 1.82) is 0 Å². The van der Waals surface area contributed by atoms with E-state index < -0.39 is 23.8 Å². The lowest BCUT2D eigenvalue weighted by Gasteiger charge is -2.26. The molecule has 0 aromatic heterocycles. The highest BCUT2D eigenvalue weighted by Crippen LogP contribution is 2.27. The second kappa shape index (κ2) is 10.2. The van der Waals surface area contributed by atoms with Gasteiger partial charge in [0.2, 0.25) is 5.91 Å². The predicted molar refractivity (Wildman–Crippen MR) is 131 cm³/mol. The number of methoxy groups -OCH3 is 1. The van der Waals surface area contributed by atoms with Gasteiger partial charge >= 0.3 is 11.9 Å². The Balaban J connectivity index is 1.62. The fraction of sp³-hybridized carbons (Fsp3) is 0.192. The Morgan fingerprint density at radius 3 is 2.49 bits per heavy atom. The molecule has 1 atom stereocenters. The highest BCUT2D eigenvalue weighted by Gasteiger charge is 2.48. The molecule has 0 bridgehead atoms. The Hall–Kier alpha value is -4.53. The van der Waals surface area contributed by atoms with Gasteiger partial charge in [-0.3, -0.25) is 9.59 Å². The number of para-hydroxylation sites is 2. The fourth-order valence-corrected chi connectivity index (χ4v) is 3.98. The highest BCUT2D eigenvalue weighted by molar-refractivity contribution is 6.26. The lowest BCUT2D eigenvalue weighted by atomic mass is 9.94. The maximum atomic E-state index is 13.5. The number of carbonyl (C=O) groups is 4. The number of amides is 5. The number of ether oxygens (including phenoxy) is 1. The van der Waals surface area contributed by atoms with Gasteiger partial charge in [-0.2, -0.15) is 9.37 Å². The summed E-state index contributed by atoms with van der Waals surface area (Å²) in [6.07, 6.45) is 7.01. The van der Waals surface area contributed by atoms with Crippen molar-refractivity contribution in [3.63, 3.8) is 0 Å². The van der Waals surface area contributed by atoms with Gasteiger partial charge < -0.3 is 15.4 Å². The second-order valence-corrected chi connectivity index (χ2v) is 7.95. The lowest BCUT2D eigenvalue weighted by molar-refractivity contribution is -0.416. The molecule has 2 N–H and O–H groups in total. The Morgan fingerprint density at radius 1 is 1.03 bits per heavy atom. The van der Waals surface area contributed by atoms with Gasteiger partial charge in [-0.05, 0) is 35.9 Å². The molecule has 0 spiro atoms. The first-order valence-corrected chi connectivity index (χ1v) is 11.0. The van der Waals surface area contributed by atoms with Crippen molar-refractivity contribution in [2.45, 2.75) is 6.42 Å². The van der Waals surface area contributed by atoms with Crippen molar-refractivity contribution < 1.29 is 28.5 Å². The normalized spacial score (nSPS) is 16.7. The van der Waals surface area contributed by atoms with Crippen LogP contribution in [0, 0.1) is 5.92 Å². The Kier molecular flexibility index (Phi) is 6.86. The van der Waals surface area contributed by atoms with E-state index >= 15 is 0 Å². The molecule has 1 heterocycles. The second-order valence-electron chi connectivity index (χ2n) is 7.95. The summed E-state index contributed by atoms with van der Waals surface area (Å²) in [4.78, 5) is 52.4. The standard InChI is InChI=1S/C26H24N4O5/c1-27-23(31)15-17-11-13-18(14-12-17)30-25(33)19-7-3-5-9-21(19)29(26(30)34)16-24(32)28-20-8-4-6-10-22(20)35-2/h3-14,19H,15-16H2,1-2H3,(H-,27,28,31,32)/p+1. The van der Waals surface area contributed by atoms with E-state index in [0.29, 0.717) is 22.8 Å². The third-order valence-corrected chi connectivity index (χ3v) is 5.74. The van der Waals surface area contributed by atoms with Crippen molar-refractivity contribution in [3.05, 3.63) is 78.4 Å². The van der Waals surface area contributed by atoms with Crippen LogP contribution >= 0.6 is 0 Å². The van der Waals surface area contributed by atoms with Crippen LogP contribution in [0.4, 0.5) is 16.2 Å². The Morgan fingerprint density at radius 2 is 1.77 bits per heavy atom. The summed E-state index contributed by atoms with van der Waals surface area (Å²) in [5.41, 5.74) is 2.01. The average Bonchev–Trinajstić information content (AvgIpc) is 2.88. The molecule has 2 aliphatic rings. The fourth-order valence-electron chi connectivity index (χ4n) is 3.98. The van der Waals surface area contributed by atoms with Gasteiger partial charge in [-0.25, -0.2) is 4.79 Å². The number of urea groups is 1. The molecule has 4 rings (SSSR count). The molecule has 0 saturated carbocycles. The summed E-state index contributed by atoms with van der Waals surface area (Å²) in [6, 6.07) is 13.0. The molecule has 2 aromatic rings. The summed E-state index contributed by atoms with van der Waals surface area (Å²) in [5, 5.41) is 5.33. The molecule has 0 radical (unpaired) electrons. The Labute approximate surface area is 202 Å². The number of allylic oxidation sites excluding steroid dienone is 3. The quantitative estimate of drug-likeness (QED) is 0.600. The third kappa shape index (κ3) is 4.89. The maximum Gasteiger partial charge on any atom is 0.506 e. The third-order valence-electron chi connectivity index (χ3n) is 5.74. The number of rotatable bonds is 7. The van der Waals surface area contributed by atoms with Gasteiger partial charge in [0, 0.05) is 7.05 Å². The molecule has 0 saturated heterocycles. The SMILES string of the molecule is CNC(=O)Cc1ccc(N2C(=O)C3C=CC=CC3=[N+](CC(=O)Nc3ccccc3OC)C2=O)cc1. The van der Waals surface area contributed by atoms with E-state index in [2.05, 4.69) is 10.6 Å². The van der Waals surface area contributed by atoms with E-state index in [1.807, 2.05) is 0 Å². The van der Waals surface area contributed by atoms with E-state index in [0.717, 1.165) is 10.5 Å². The van der Waals surface area contributed by atoms with E-state index in [1.165, 1.54) is 11.7 Å². The molecule has 9 heteroatoms. The average molecular weight is 474 g/mol. The molecule has 2 aromatic carbocycles. The maximum absolute atomic E-state index is 13.5. The summed E-state index contributed by atoms with van der Waals surface area (Å²) in [7, 11) is 3.06. The Bertz CT molecular complexity index is 1280. The van der Waals surface area contributed by atoms with Gasteiger partial charge in [0.1, 0.15) is 23.1 Å². The zero-order valence-electron chi connectivity index (χ0n) is 19.4. The van der Waals surface area contributed by atoms with Crippen molar-refractivity contribution in [3.8, 4) is 5.75 Å². The van der Waals surface area contributed by atoms with Crippen LogP contribution in [0.2, 0.25) is 0 Å². The number of benzene rings is 2. The number of likely N-dealkylation sites (N-methyl/N-ethyl adjacent to an activating group) is 1. The summed E-state index contributed by atoms with van der Waals surface area (Å²) in [5.74, 6) is -1.21. The van der Waals surface area contributed by atoms with Crippen molar-refractivity contribution >= 4 is 40.8 Å². The minimum absolute atomic E-state index is 0.145. The molecule has 9 nitrogen and oxygen atoms in total. The van der Waals surface area contributed by atoms with Crippen LogP contribution in [0.25, 0.3) is 0 Å². The van der Waals surface area contributed by atoms with Crippen LogP contribution in [0.15, 0.2) is 72.8 Å². The molecule has 1 aliphatic carbocycles. The first-order chi connectivity index (χ1) is 16.9. The number of nitrogens with one attached hydrogen (secondary N) is 2. The van der Waals surface area contributed by atoms with Crippen molar-refractivity contribution in [2.75, 3.05) is 30.9 Å². The first-order valence-electron chi connectivity index (χ1n) is 11.0. The molecule has 1 unspecified atom stereocenters. The van der Waals surface area contributed by atoms with Crippen molar-refractivity contribution in [1.82, 2.24) is 5.32 Å². The molecule has 1 aliphatic heterocycles. The number of fused-ring (bicyclic) bond motifs is 1. The van der Waals surface area contributed by atoms with Crippen LogP contribution in [0.3, 0.4) is 0 Å². The van der Waals surface area contributed by atoms with Crippen LogP contribution < -0.4 is 20.3 Å². The number of imide groups is 1. The van der Waals surface area contributed by atoms with Gasteiger partial charge in [0.25, 0.3) is 5.91 Å². The van der Waals surface area contributed by atoms with Gasteiger partial charge in [0.15, 0.2) is 6.54 Å². The number of nitrogens with zero attached hydrogens (tertiary/aromatic N) is 2. The zero-order chi connectivity index (χ0) is 24.9. The molecule has 5 amide bonds. The van der Waals surface area contributed by atoms with E-state index in [-0.39, 0.29) is 18.9 Å². The summed E-state index contributed by atoms with van der Waals surface area (Å²) in [6.45, 7) is -0.292. The van der Waals surface area contributed by atoms with Crippen LogP contribution in [0.1, 0.15) is 5.56 Å². The summed E-state index contributed by atoms with van der Waals surface area (Å²) < 4.78 is 6.58. The van der Waals surface area contributed by atoms with Crippen LogP contribution in [-0.2, 0) is 20.8 Å². The van der Waals surface area contributed by atoms with E-state index in [4.69, 9.17) is 4.74 Å². The smallest absolute Gasteiger partial charge is 0.495 e. The van der Waals surface area contributed by atoms with Gasteiger partial charge in [-0.15, -0.1) is 4.90 Å². The van der Waals surface area contributed by atoms with E-state index in [1.54, 1.807) is 79.9 Å². The topological polar surface area (TPSA) is 108 Å².